The minimum atomic E-state index is -0.946. The van der Waals surface area contributed by atoms with Crippen LogP contribution in [0.25, 0.3) is 33.9 Å². The van der Waals surface area contributed by atoms with Crippen molar-refractivity contribution in [3.63, 3.8) is 0 Å². The molecule has 9 nitrogen and oxygen atoms in total. The SMILES string of the molecule is O=C(N[C@H]1CCC[C@@H](n2c(-c3ccccc3F)nc3cnc(-c4ncn[nH]4)cc32)[C@@H]1O)c1ccc(Cl)s1. The number of nitrogens with one attached hydrogen (secondary N) is 2. The lowest BCUT2D eigenvalue weighted by molar-refractivity contribution is 0.0418. The molecular formula is C25H21ClFN7O2S. The van der Waals surface area contributed by atoms with Gasteiger partial charge in [-0.15, -0.1) is 11.3 Å². The number of pyridine rings is 1. The normalized spacial score (nSPS) is 19.8. The molecule has 1 amide bonds. The van der Waals surface area contributed by atoms with Crippen LogP contribution in [0, 0.1) is 5.82 Å². The number of aliphatic hydroxyl groups is 1. The summed E-state index contributed by atoms with van der Waals surface area (Å²) in [4.78, 5) is 26.6. The highest BCUT2D eigenvalue weighted by atomic mass is 35.5. The summed E-state index contributed by atoms with van der Waals surface area (Å²) < 4.78 is 17.3. The zero-order valence-corrected chi connectivity index (χ0v) is 20.9. The van der Waals surface area contributed by atoms with Crippen molar-refractivity contribution in [2.45, 2.75) is 37.5 Å². The molecule has 0 aliphatic heterocycles. The van der Waals surface area contributed by atoms with E-state index in [0.29, 0.717) is 56.0 Å². The van der Waals surface area contributed by atoms with Crippen molar-refractivity contribution in [1.29, 1.82) is 0 Å². The van der Waals surface area contributed by atoms with Crippen molar-refractivity contribution >= 4 is 39.9 Å². The molecule has 1 aliphatic carbocycles. The van der Waals surface area contributed by atoms with Gasteiger partial charge >= 0.3 is 0 Å². The first-order chi connectivity index (χ1) is 18.0. The number of amides is 1. The maximum absolute atomic E-state index is 15.0. The fourth-order valence-corrected chi connectivity index (χ4v) is 5.84. The number of nitrogens with zero attached hydrogens (tertiary/aromatic N) is 5. The number of fused-ring (bicyclic) bond motifs is 1. The Balaban J connectivity index is 1.44. The smallest absolute Gasteiger partial charge is 0.261 e. The summed E-state index contributed by atoms with van der Waals surface area (Å²) in [6, 6.07) is 10.5. The maximum Gasteiger partial charge on any atom is 0.261 e. The van der Waals surface area contributed by atoms with Crippen molar-refractivity contribution < 1.29 is 14.3 Å². The Morgan fingerprint density at radius 1 is 1.22 bits per heavy atom. The number of carbonyl (C=O) groups is 1. The second-order valence-corrected chi connectivity index (χ2v) is 10.6. The van der Waals surface area contributed by atoms with Crippen molar-refractivity contribution in [2.75, 3.05) is 0 Å². The van der Waals surface area contributed by atoms with Crippen molar-refractivity contribution in [3.8, 4) is 22.9 Å². The molecule has 3 N–H and O–H groups in total. The van der Waals surface area contributed by atoms with Crippen LogP contribution in [0.1, 0.15) is 35.0 Å². The molecule has 1 aliphatic rings. The van der Waals surface area contributed by atoms with E-state index < -0.39 is 24.0 Å². The summed E-state index contributed by atoms with van der Waals surface area (Å²) in [6.07, 6.45) is 4.01. The van der Waals surface area contributed by atoms with E-state index in [4.69, 9.17) is 16.6 Å². The van der Waals surface area contributed by atoms with Gasteiger partial charge in [-0.25, -0.2) is 14.4 Å². The molecular weight excluding hydrogens is 517 g/mol. The van der Waals surface area contributed by atoms with E-state index in [1.165, 1.54) is 23.7 Å². The van der Waals surface area contributed by atoms with Crippen LogP contribution in [0.4, 0.5) is 4.39 Å². The molecule has 0 unspecified atom stereocenters. The highest BCUT2D eigenvalue weighted by molar-refractivity contribution is 7.18. The number of imidazole rings is 1. The minimum absolute atomic E-state index is 0.289. The van der Waals surface area contributed by atoms with Gasteiger partial charge in [0.15, 0.2) is 5.82 Å². The number of aromatic amines is 1. The Bertz CT molecular complexity index is 1590. The number of rotatable bonds is 5. The molecule has 1 aromatic carbocycles. The second-order valence-electron chi connectivity index (χ2n) is 8.85. The van der Waals surface area contributed by atoms with Crippen molar-refractivity contribution in [1.82, 2.24) is 35.0 Å². The van der Waals surface area contributed by atoms with Gasteiger partial charge in [0.1, 0.15) is 29.2 Å². The third-order valence-corrected chi connectivity index (χ3v) is 7.84. The summed E-state index contributed by atoms with van der Waals surface area (Å²) in [5, 5.41) is 21.2. The summed E-state index contributed by atoms with van der Waals surface area (Å²) in [7, 11) is 0. The molecule has 0 radical (unpaired) electrons. The van der Waals surface area contributed by atoms with Gasteiger partial charge in [-0.05, 0) is 49.6 Å². The Hall–Kier alpha value is -3.67. The molecule has 188 valence electrons. The molecule has 4 heterocycles. The van der Waals surface area contributed by atoms with Crippen molar-refractivity contribution in [2.24, 2.45) is 0 Å². The van der Waals surface area contributed by atoms with Gasteiger partial charge in [0, 0.05) is 0 Å². The van der Waals surface area contributed by atoms with Gasteiger partial charge in [0.05, 0.1) is 44.7 Å². The zero-order chi connectivity index (χ0) is 25.5. The number of H-pyrrole nitrogens is 1. The number of thiophene rings is 1. The van der Waals surface area contributed by atoms with Crippen LogP contribution in [-0.4, -0.2) is 52.9 Å². The largest absolute Gasteiger partial charge is 0.389 e. The number of carbonyl (C=O) groups excluding carboxylic acids is 1. The number of aliphatic hydroxyl groups excluding tert-OH is 1. The lowest BCUT2D eigenvalue weighted by Crippen LogP contribution is -2.49. The van der Waals surface area contributed by atoms with Crippen LogP contribution in [0.3, 0.4) is 0 Å². The standard InChI is InChI=1S/C25H21ClFN7O2S/c26-21-9-8-20(37-21)25(36)32-15-6-3-7-18(22(15)35)34-19-10-16(23-29-12-30-33-23)28-11-17(19)31-24(34)13-4-1-2-5-14(13)27/h1-2,4-5,8-12,15,18,22,35H,3,6-7H2,(H,32,36)(H,29,30,33)/t15-,18+,22+/m0/s1. The van der Waals surface area contributed by atoms with E-state index in [1.54, 1.807) is 42.6 Å². The summed E-state index contributed by atoms with van der Waals surface area (Å²) >= 11 is 7.17. The predicted molar refractivity (Wildman–Crippen MR) is 138 cm³/mol. The van der Waals surface area contributed by atoms with Crippen LogP contribution in [0.2, 0.25) is 4.34 Å². The maximum atomic E-state index is 15.0. The molecule has 0 bridgehead atoms. The Labute approximate surface area is 219 Å². The summed E-state index contributed by atoms with van der Waals surface area (Å²) in [5.74, 6) is 0.145. The first-order valence-corrected chi connectivity index (χ1v) is 12.9. The lowest BCUT2D eigenvalue weighted by Gasteiger charge is -2.37. The Kier molecular flexibility index (Phi) is 6.19. The molecule has 5 aromatic rings. The predicted octanol–water partition coefficient (Wildman–Crippen LogP) is 4.62. The minimum Gasteiger partial charge on any atom is -0.389 e. The fourth-order valence-electron chi connectivity index (χ4n) is 4.90. The quantitative estimate of drug-likeness (QED) is 0.301. The lowest BCUT2D eigenvalue weighted by atomic mass is 9.87. The zero-order valence-electron chi connectivity index (χ0n) is 19.3. The topological polar surface area (TPSA) is 122 Å². The highest BCUT2D eigenvalue weighted by Crippen LogP contribution is 2.38. The Morgan fingerprint density at radius 2 is 2.08 bits per heavy atom. The fraction of sp³-hybridized carbons (Fsp3) is 0.240. The van der Waals surface area contributed by atoms with E-state index >= 15 is 0 Å². The van der Waals surface area contributed by atoms with Gasteiger partial charge in [-0.2, -0.15) is 5.10 Å². The Morgan fingerprint density at radius 3 is 2.84 bits per heavy atom. The molecule has 1 saturated carbocycles. The number of aromatic nitrogens is 6. The van der Waals surface area contributed by atoms with Crippen LogP contribution < -0.4 is 5.32 Å². The van der Waals surface area contributed by atoms with Crippen LogP contribution in [-0.2, 0) is 0 Å². The van der Waals surface area contributed by atoms with Gasteiger partial charge in [-0.3, -0.25) is 14.9 Å². The number of hydrogen-bond donors (Lipinski definition) is 3. The van der Waals surface area contributed by atoms with Gasteiger partial charge in [0.25, 0.3) is 5.91 Å². The van der Waals surface area contributed by atoms with Gasteiger partial charge in [0.2, 0.25) is 0 Å². The first-order valence-electron chi connectivity index (χ1n) is 11.7. The summed E-state index contributed by atoms with van der Waals surface area (Å²) in [6.45, 7) is 0. The molecule has 0 saturated heterocycles. The van der Waals surface area contributed by atoms with Crippen LogP contribution in [0.15, 0.2) is 55.0 Å². The number of benzene rings is 1. The van der Waals surface area contributed by atoms with E-state index in [1.807, 2.05) is 4.57 Å². The molecule has 4 aromatic heterocycles. The molecule has 37 heavy (non-hydrogen) atoms. The van der Waals surface area contributed by atoms with E-state index in [-0.39, 0.29) is 5.91 Å². The second kappa shape index (κ2) is 9.66. The molecule has 12 heteroatoms. The van der Waals surface area contributed by atoms with E-state index in [2.05, 4.69) is 25.5 Å². The average molecular weight is 538 g/mol. The average Bonchev–Trinajstić information content (AvgIpc) is 3.65. The van der Waals surface area contributed by atoms with Gasteiger partial charge < -0.3 is 15.0 Å². The van der Waals surface area contributed by atoms with Crippen molar-refractivity contribution in [3.05, 3.63) is 70.0 Å². The highest BCUT2D eigenvalue weighted by Gasteiger charge is 2.37. The number of halogens is 2. The van der Waals surface area contributed by atoms with Crippen LogP contribution in [0.5, 0.6) is 0 Å². The molecule has 3 atom stereocenters. The van der Waals surface area contributed by atoms with Gasteiger partial charge in [-0.1, -0.05) is 23.7 Å². The van der Waals surface area contributed by atoms with Crippen LogP contribution >= 0.6 is 22.9 Å². The molecule has 0 spiro atoms. The van der Waals surface area contributed by atoms with E-state index in [9.17, 15) is 14.3 Å². The molecule has 6 rings (SSSR count). The first kappa shape index (κ1) is 23.7. The third kappa shape index (κ3) is 4.39. The number of hydrogen-bond acceptors (Lipinski definition) is 7. The monoisotopic (exact) mass is 537 g/mol. The third-order valence-electron chi connectivity index (χ3n) is 6.61. The molecule has 1 fully saturated rings. The van der Waals surface area contributed by atoms with E-state index in [0.717, 1.165) is 6.42 Å². The summed E-state index contributed by atoms with van der Waals surface area (Å²) in [5.41, 5.74) is 2.07.